The number of carbonyl (C=O) groups excluding carboxylic acids is 1. The number of nitrogens with zero attached hydrogens (tertiary/aromatic N) is 4. The van der Waals surface area contributed by atoms with Crippen LogP contribution >= 0.6 is 0 Å². The zero-order chi connectivity index (χ0) is 17.8. The van der Waals surface area contributed by atoms with Gasteiger partial charge in [-0.05, 0) is 25.0 Å². The van der Waals surface area contributed by atoms with Gasteiger partial charge in [-0.1, -0.05) is 12.1 Å². The summed E-state index contributed by atoms with van der Waals surface area (Å²) in [5.74, 6) is 0.506. The lowest BCUT2D eigenvalue weighted by Crippen LogP contribution is -2.36. The lowest BCUT2D eigenvalue weighted by atomic mass is 10.2. The van der Waals surface area contributed by atoms with Crippen LogP contribution in [0.25, 0.3) is 0 Å². The fourth-order valence-electron chi connectivity index (χ4n) is 3.39. The molecular formula is C19H23N5O2. The maximum absolute atomic E-state index is 12.4. The first-order chi connectivity index (χ1) is 12.8. The van der Waals surface area contributed by atoms with Crippen molar-refractivity contribution < 1.29 is 9.53 Å². The summed E-state index contributed by atoms with van der Waals surface area (Å²) < 4.78 is 5.43. The number of hydrogen-bond donors (Lipinski definition) is 1. The molecule has 1 N–H and O–H groups in total. The second-order valence-electron chi connectivity index (χ2n) is 6.54. The fraction of sp³-hybridized carbons (Fsp3) is 0.421. The van der Waals surface area contributed by atoms with Crippen LogP contribution in [0.1, 0.15) is 23.2 Å². The van der Waals surface area contributed by atoms with E-state index in [1.54, 1.807) is 12.4 Å². The molecule has 26 heavy (non-hydrogen) atoms. The zero-order valence-electron chi connectivity index (χ0n) is 14.7. The molecule has 1 amide bonds. The Hall–Kier alpha value is -2.67. The number of amides is 1. The average molecular weight is 353 g/mol. The van der Waals surface area contributed by atoms with Crippen molar-refractivity contribution in [1.82, 2.24) is 14.9 Å². The van der Waals surface area contributed by atoms with E-state index in [2.05, 4.69) is 26.3 Å². The summed E-state index contributed by atoms with van der Waals surface area (Å²) in [6.45, 7) is 4.85. The summed E-state index contributed by atoms with van der Waals surface area (Å²) >= 11 is 0. The normalized spacial score (nSPS) is 17.4. The molecule has 3 heterocycles. The molecule has 2 aromatic rings. The van der Waals surface area contributed by atoms with Crippen molar-refractivity contribution in [1.29, 1.82) is 0 Å². The highest BCUT2D eigenvalue weighted by molar-refractivity contribution is 5.93. The van der Waals surface area contributed by atoms with Gasteiger partial charge < -0.3 is 19.9 Å². The van der Waals surface area contributed by atoms with Gasteiger partial charge in [-0.2, -0.15) is 0 Å². The molecule has 136 valence electrons. The quantitative estimate of drug-likeness (QED) is 0.909. The van der Waals surface area contributed by atoms with Crippen LogP contribution in [-0.2, 0) is 4.74 Å². The standard InChI is InChI=1S/C19H23N5O2/c25-18(24-7-3-4-8-24)15-13-20-19(21-14-15)22-16-5-1-2-6-17(16)23-9-11-26-12-10-23/h1-2,5-6,13-14H,3-4,7-12H2,(H,20,21,22). The van der Waals surface area contributed by atoms with Gasteiger partial charge in [0.2, 0.25) is 5.95 Å². The number of likely N-dealkylation sites (tertiary alicyclic amines) is 1. The van der Waals surface area contributed by atoms with Crippen LogP contribution in [0.4, 0.5) is 17.3 Å². The van der Waals surface area contributed by atoms with Gasteiger partial charge in [0.05, 0.1) is 30.2 Å². The van der Waals surface area contributed by atoms with E-state index in [0.29, 0.717) is 11.5 Å². The predicted octanol–water partition coefficient (Wildman–Crippen LogP) is 2.29. The largest absolute Gasteiger partial charge is 0.378 e. The fourth-order valence-corrected chi connectivity index (χ4v) is 3.39. The molecule has 0 bridgehead atoms. The molecule has 1 aromatic carbocycles. The van der Waals surface area contributed by atoms with Crippen molar-refractivity contribution in [3.8, 4) is 0 Å². The summed E-state index contributed by atoms with van der Waals surface area (Å²) in [6, 6.07) is 8.10. The maximum atomic E-state index is 12.4. The van der Waals surface area contributed by atoms with Gasteiger partial charge in [-0.3, -0.25) is 4.79 Å². The van der Waals surface area contributed by atoms with Gasteiger partial charge >= 0.3 is 0 Å². The topological polar surface area (TPSA) is 70.6 Å². The Labute approximate surface area is 153 Å². The lowest BCUT2D eigenvalue weighted by molar-refractivity contribution is 0.0792. The summed E-state index contributed by atoms with van der Waals surface area (Å²) in [4.78, 5) is 25.2. The number of aromatic nitrogens is 2. The van der Waals surface area contributed by atoms with Crippen LogP contribution in [0.5, 0.6) is 0 Å². The highest BCUT2D eigenvalue weighted by Crippen LogP contribution is 2.28. The molecular weight excluding hydrogens is 330 g/mol. The molecule has 0 saturated carbocycles. The molecule has 7 heteroatoms. The summed E-state index contributed by atoms with van der Waals surface area (Å²) in [6.07, 6.45) is 5.36. The Morgan fingerprint density at radius 2 is 1.69 bits per heavy atom. The monoisotopic (exact) mass is 353 g/mol. The van der Waals surface area contributed by atoms with Gasteiger partial charge in [-0.15, -0.1) is 0 Å². The van der Waals surface area contributed by atoms with E-state index in [1.165, 1.54) is 0 Å². The van der Waals surface area contributed by atoms with Crippen LogP contribution in [0.15, 0.2) is 36.7 Å². The van der Waals surface area contributed by atoms with Crippen LogP contribution in [0.2, 0.25) is 0 Å². The van der Waals surface area contributed by atoms with Crippen molar-refractivity contribution >= 4 is 23.2 Å². The third-order valence-corrected chi connectivity index (χ3v) is 4.79. The minimum atomic E-state index is 0.0165. The maximum Gasteiger partial charge on any atom is 0.256 e. The molecule has 1 aromatic heterocycles. The van der Waals surface area contributed by atoms with E-state index in [9.17, 15) is 4.79 Å². The SMILES string of the molecule is O=C(c1cnc(Nc2ccccc2N2CCOCC2)nc1)N1CCCC1. The molecule has 2 aliphatic rings. The number of anilines is 3. The van der Waals surface area contributed by atoms with Crippen molar-refractivity contribution in [2.24, 2.45) is 0 Å². The molecule has 0 aliphatic carbocycles. The number of nitrogens with one attached hydrogen (secondary N) is 1. The van der Waals surface area contributed by atoms with Crippen LogP contribution in [0.3, 0.4) is 0 Å². The molecule has 4 rings (SSSR count). The Balaban J connectivity index is 1.48. The second kappa shape index (κ2) is 7.70. The number of ether oxygens (including phenoxy) is 1. The molecule has 0 atom stereocenters. The first kappa shape index (κ1) is 16.8. The Bertz CT molecular complexity index is 753. The molecule has 2 aliphatic heterocycles. The van der Waals surface area contributed by atoms with Gasteiger partial charge in [-0.25, -0.2) is 9.97 Å². The average Bonchev–Trinajstić information content (AvgIpc) is 3.24. The van der Waals surface area contributed by atoms with E-state index in [-0.39, 0.29) is 5.91 Å². The van der Waals surface area contributed by atoms with E-state index in [1.807, 2.05) is 23.1 Å². The third-order valence-electron chi connectivity index (χ3n) is 4.79. The Kier molecular flexibility index (Phi) is 4.97. The highest BCUT2D eigenvalue weighted by atomic mass is 16.5. The number of benzene rings is 1. The van der Waals surface area contributed by atoms with Crippen molar-refractivity contribution in [3.05, 3.63) is 42.2 Å². The van der Waals surface area contributed by atoms with E-state index in [0.717, 1.165) is 63.6 Å². The Morgan fingerprint density at radius 1 is 1.00 bits per heavy atom. The minimum absolute atomic E-state index is 0.0165. The van der Waals surface area contributed by atoms with E-state index >= 15 is 0 Å². The molecule has 2 fully saturated rings. The van der Waals surface area contributed by atoms with Crippen LogP contribution in [0, 0.1) is 0 Å². The number of hydrogen-bond acceptors (Lipinski definition) is 6. The first-order valence-corrected chi connectivity index (χ1v) is 9.11. The van der Waals surface area contributed by atoms with E-state index in [4.69, 9.17) is 4.74 Å². The van der Waals surface area contributed by atoms with Gasteiger partial charge in [0.1, 0.15) is 0 Å². The summed E-state index contributed by atoms with van der Waals surface area (Å²) in [7, 11) is 0. The van der Waals surface area contributed by atoms with Gasteiger partial charge in [0.25, 0.3) is 5.91 Å². The van der Waals surface area contributed by atoms with Crippen molar-refractivity contribution in [3.63, 3.8) is 0 Å². The summed E-state index contributed by atoms with van der Waals surface area (Å²) in [5.41, 5.74) is 2.60. The highest BCUT2D eigenvalue weighted by Gasteiger charge is 2.20. The first-order valence-electron chi connectivity index (χ1n) is 9.11. The minimum Gasteiger partial charge on any atom is -0.378 e. The Morgan fingerprint density at radius 3 is 2.42 bits per heavy atom. The molecule has 0 unspecified atom stereocenters. The lowest BCUT2D eigenvalue weighted by Gasteiger charge is -2.30. The number of para-hydroxylation sites is 2. The van der Waals surface area contributed by atoms with Crippen LogP contribution in [-0.4, -0.2) is 60.2 Å². The number of morpholine rings is 1. The molecule has 7 nitrogen and oxygen atoms in total. The number of rotatable bonds is 4. The second-order valence-corrected chi connectivity index (χ2v) is 6.54. The zero-order valence-corrected chi connectivity index (χ0v) is 14.7. The molecule has 2 saturated heterocycles. The smallest absolute Gasteiger partial charge is 0.256 e. The summed E-state index contributed by atoms with van der Waals surface area (Å²) in [5, 5.41) is 3.28. The third kappa shape index (κ3) is 3.62. The van der Waals surface area contributed by atoms with E-state index < -0.39 is 0 Å². The molecule has 0 radical (unpaired) electrons. The van der Waals surface area contributed by atoms with Crippen LogP contribution < -0.4 is 10.2 Å². The predicted molar refractivity (Wildman–Crippen MR) is 99.9 cm³/mol. The van der Waals surface area contributed by atoms with Gasteiger partial charge in [0, 0.05) is 38.6 Å². The van der Waals surface area contributed by atoms with Gasteiger partial charge in [0.15, 0.2) is 0 Å². The van der Waals surface area contributed by atoms with Crippen molar-refractivity contribution in [2.75, 3.05) is 49.6 Å². The van der Waals surface area contributed by atoms with Crippen molar-refractivity contribution in [2.45, 2.75) is 12.8 Å². The number of carbonyl (C=O) groups is 1. The molecule has 0 spiro atoms.